The molecule has 0 saturated heterocycles. The van der Waals surface area contributed by atoms with Crippen molar-refractivity contribution in [3.8, 4) is 0 Å². The Balaban J connectivity index is 2.68. The number of ether oxygens (including phenoxy) is 1. The first-order valence-electron chi connectivity index (χ1n) is 5.16. The minimum Gasteiger partial charge on any atom is -0.385 e. The van der Waals surface area contributed by atoms with Crippen molar-refractivity contribution < 1.29 is 13.5 Å². The van der Waals surface area contributed by atoms with Crippen molar-refractivity contribution in [2.45, 2.75) is 25.3 Å². The van der Waals surface area contributed by atoms with Crippen LogP contribution in [-0.4, -0.2) is 19.3 Å². The van der Waals surface area contributed by atoms with Crippen molar-refractivity contribution in [1.82, 2.24) is 0 Å². The molecule has 90 valence electrons. The summed E-state index contributed by atoms with van der Waals surface area (Å²) in [5, 5.41) is 0. The number of halogens is 2. The summed E-state index contributed by atoms with van der Waals surface area (Å²) in [6, 6.07) is 3.86. The largest absolute Gasteiger partial charge is 0.385 e. The van der Waals surface area contributed by atoms with Crippen LogP contribution >= 0.6 is 0 Å². The molecule has 2 nitrogen and oxygen atoms in total. The van der Waals surface area contributed by atoms with Crippen molar-refractivity contribution in [3.63, 3.8) is 0 Å². The zero-order valence-electron chi connectivity index (χ0n) is 9.59. The van der Waals surface area contributed by atoms with E-state index in [1.165, 1.54) is 6.07 Å². The van der Waals surface area contributed by atoms with Crippen LogP contribution in [0.2, 0.25) is 0 Å². The lowest BCUT2D eigenvalue weighted by Gasteiger charge is -2.24. The van der Waals surface area contributed by atoms with Crippen LogP contribution in [0.25, 0.3) is 0 Å². The van der Waals surface area contributed by atoms with E-state index in [4.69, 9.17) is 10.5 Å². The Morgan fingerprint density at radius 2 is 2.00 bits per heavy atom. The first-order valence-corrected chi connectivity index (χ1v) is 5.16. The van der Waals surface area contributed by atoms with Gasteiger partial charge in [0.15, 0.2) is 11.6 Å². The summed E-state index contributed by atoms with van der Waals surface area (Å²) in [5.41, 5.74) is 6.25. The van der Waals surface area contributed by atoms with E-state index in [0.29, 0.717) is 25.0 Å². The van der Waals surface area contributed by atoms with Gasteiger partial charge in [-0.2, -0.15) is 0 Å². The Labute approximate surface area is 94.4 Å². The Kier molecular flexibility index (Phi) is 4.38. The number of benzene rings is 1. The van der Waals surface area contributed by atoms with Crippen molar-refractivity contribution >= 4 is 0 Å². The Bertz CT molecular complexity index is 353. The van der Waals surface area contributed by atoms with Gasteiger partial charge >= 0.3 is 0 Å². The van der Waals surface area contributed by atoms with Gasteiger partial charge in [-0.3, -0.25) is 0 Å². The fourth-order valence-corrected chi connectivity index (χ4v) is 1.54. The Morgan fingerprint density at radius 1 is 1.31 bits per heavy atom. The molecule has 0 spiro atoms. The monoisotopic (exact) mass is 229 g/mol. The van der Waals surface area contributed by atoms with E-state index in [-0.39, 0.29) is 0 Å². The third kappa shape index (κ3) is 3.87. The molecule has 1 aromatic rings. The molecule has 0 aliphatic rings. The second kappa shape index (κ2) is 5.37. The van der Waals surface area contributed by atoms with E-state index in [1.807, 2.05) is 6.92 Å². The summed E-state index contributed by atoms with van der Waals surface area (Å²) in [6.45, 7) is 2.42. The van der Waals surface area contributed by atoms with Gasteiger partial charge in [0.1, 0.15) is 0 Å². The maximum Gasteiger partial charge on any atom is 0.159 e. The van der Waals surface area contributed by atoms with Crippen LogP contribution < -0.4 is 5.73 Å². The highest BCUT2D eigenvalue weighted by Gasteiger charge is 2.19. The van der Waals surface area contributed by atoms with E-state index in [2.05, 4.69) is 0 Å². The lowest BCUT2D eigenvalue weighted by Crippen LogP contribution is -2.39. The number of rotatable bonds is 5. The van der Waals surface area contributed by atoms with E-state index < -0.39 is 17.2 Å². The number of hydrogen-bond donors (Lipinski definition) is 1. The van der Waals surface area contributed by atoms with E-state index in [0.717, 1.165) is 6.07 Å². The van der Waals surface area contributed by atoms with Crippen LogP contribution in [0.1, 0.15) is 18.9 Å². The summed E-state index contributed by atoms with van der Waals surface area (Å²) in [4.78, 5) is 0. The molecule has 1 aromatic carbocycles. The van der Waals surface area contributed by atoms with Gasteiger partial charge in [-0.15, -0.1) is 0 Å². The molecule has 0 bridgehead atoms. The van der Waals surface area contributed by atoms with Gasteiger partial charge in [0, 0.05) is 19.3 Å². The summed E-state index contributed by atoms with van der Waals surface area (Å²) < 4.78 is 30.6. The number of nitrogens with two attached hydrogens (primary N) is 1. The van der Waals surface area contributed by atoms with Crippen LogP contribution in [0.15, 0.2) is 18.2 Å². The third-order valence-electron chi connectivity index (χ3n) is 2.47. The molecule has 1 atom stereocenters. The zero-order valence-corrected chi connectivity index (χ0v) is 9.59. The second-order valence-corrected chi connectivity index (χ2v) is 4.32. The fraction of sp³-hybridized carbons (Fsp3) is 0.500. The minimum absolute atomic E-state index is 0.472. The molecule has 0 heterocycles. The van der Waals surface area contributed by atoms with Gasteiger partial charge in [0.25, 0.3) is 0 Å². The highest BCUT2D eigenvalue weighted by atomic mass is 19.2. The second-order valence-electron chi connectivity index (χ2n) is 4.32. The molecule has 0 radical (unpaired) electrons. The lowest BCUT2D eigenvalue weighted by molar-refractivity contribution is 0.171. The van der Waals surface area contributed by atoms with E-state index in [1.54, 1.807) is 13.2 Å². The van der Waals surface area contributed by atoms with Crippen molar-refractivity contribution in [2.75, 3.05) is 13.7 Å². The lowest BCUT2D eigenvalue weighted by atomic mass is 9.91. The summed E-state index contributed by atoms with van der Waals surface area (Å²) in [7, 11) is 1.60. The highest BCUT2D eigenvalue weighted by molar-refractivity contribution is 5.19. The topological polar surface area (TPSA) is 35.2 Å². The number of hydrogen-bond acceptors (Lipinski definition) is 2. The summed E-state index contributed by atoms with van der Waals surface area (Å²) in [6.07, 6.45) is 1.16. The van der Waals surface area contributed by atoms with Crippen LogP contribution in [0.5, 0.6) is 0 Å². The molecule has 0 saturated carbocycles. The normalized spacial score (nSPS) is 14.8. The highest BCUT2D eigenvalue weighted by Crippen LogP contribution is 2.16. The molecule has 0 fully saturated rings. The molecular weight excluding hydrogens is 212 g/mol. The van der Waals surface area contributed by atoms with Gasteiger partial charge in [0.05, 0.1) is 0 Å². The molecule has 0 aliphatic carbocycles. The fourth-order valence-electron chi connectivity index (χ4n) is 1.54. The smallest absolute Gasteiger partial charge is 0.159 e. The van der Waals surface area contributed by atoms with Crippen LogP contribution in [0, 0.1) is 11.6 Å². The van der Waals surface area contributed by atoms with Gasteiger partial charge in [-0.25, -0.2) is 8.78 Å². The maximum atomic E-state index is 13.0. The predicted octanol–water partition coefficient (Wildman–Crippen LogP) is 2.26. The van der Waals surface area contributed by atoms with Gasteiger partial charge in [0.2, 0.25) is 0 Å². The van der Waals surface area contributed by atoms with Crippen molar-refractivity contribution in [1.29, 1.82) is 0 Å². The van der Waals surface area contributed by atoms with Crippen LogP contribution in [0.3, 0.4) is 0 Å². The third-order valence-corrected chi connectivity index (χ3v) is 2.47. The standard InChI is InChI=1S/C12H17F2NO/c1-12(15,5-6-16-2)8-9-3-4-10(13)11(14)7-9/h3-4,7H,5-6,8,15H2,1-2H3. The molecule has 0 aliphatic heterocycles. The van der Waals surface area contributed by atoms with E-state index >= 15 is 0 Å². The molecule has 1 unspecified atom stereocenters. The average molecular weight is 229 g/mol. The SMILES string of the molecule is COCCC(C)(N)Cc1ccc(F)c(F)c1. The maximum absolute atomic E-state index is 13.0. The van der Waals surface area contributed by atoms with Gasteiger partial charge in [-0.05, 0) is 37.5 Å². The predicted molar refractivity (Wildman–Crippen MR) is 59.1 cm³/mol. The molecule has 2 N–H and O–H groups in total. The average Bonchev–Trinajstić information content (AvgIpc) is 2.20. The van der Waals surface area contributed by atoms with Crippen molar-refractivity contribution in [2.24, 2.45) is 5.73 Å². The minimum atomic E-state index is -0.834. The van der Waals surface area contributed by atoms with E-state index in [9.17, 15) is 8.78 Å². The number of methoxy groups -OCH3 is 1. The van der Waals surface area contributed by atoms with Crippen molar-refractivity contribution in [3.05, 3.63) is 35.4 Å². The first-order chi connectivity index (χ1) is 7.44. The first kappa shape index (κ1) is 13.1. The molecule has 0 aromatic heterocycles. The Morgan fingerprint density at radius 3 is 2.56 bits per heavy atom. The Hall–Kier alpha value is -1.00. The van der Waals surface area contributed by atoms with Gasteiger partial charge < -0.3 is 10.5 Å². The molecular formula is C12H17F2NO. The molecule has 16 heavy (non-hydrogen) atoms. The summed E-state index contributed by atoms with van der Waals surface area (Å²) in [5.74, 6) is -1.67. The summed E-state index contributed by atoms with van der Waals surface area (Å²) >= 11 is 0. The molecule has 1 rings (SSSR count). The van der Waals surface area contributed by atoms with Gasteiger partial charge in [-0.1, -0.05) is 6.07 Å². The molecule has 0 amide bonds. The molecule has 4 heteroatoms. The quantitative estimate of drug-likeness (QED) is 0.840. The van der Waals surface area contributed by atoms with Crippen LogP contribution in [-0.2, 0) is 11.2 Å². The zero-order chi connectivity index (χ0) is 12.2. The van der Waals surface area contributed by atoms with Crippen LogP contribution in [0.4, 0.5) is 8.78 Å².